The molecule has 0 unspecified atom stereocenters. The van der Waals surface area contributed by atoms with E-state index < -0.39 is 5.97 Å². The Balaban J connectivity index is 2.41. The Morgan fingerprint density at radius 1 is 1.10 bits per heavy atom. The Morgan fingerprint density at radius 2 is 1.80 bits per heavy atom. The minimum absolute atomic E-state index is 0.0699. The van der Waals surface area contributed by atoms with Gasteiger partial charge in [-0.15, -0.1) is 5.23 Å². The number of aryl methyl sites for hydroxylation is 1. The summed E-state index contributed by atoms with van der Waals surface area (Å²) >= 11 is 0. The van der Waals surface area contributed by atoms with Crippen LogP contribution in [-0.4, -0.2) is 21.5 Å². The van der Waals surface area contributed by atoms with Crippen LogP contribution in [0.3, 0.4) is 0 Å². The normalized spacial score (nSPS) is 10.2. The van der Waals surface area contributed by atoms with Crippen molar-refractivity contribution in [2.24, 2.45) is 0 Å². The molecule has 0 saturated heterocycles. The summed E-state index contributed by atoms with van der Waals surface area (Å²) in [6.07, 6.45) is 0. The SMILES string of the molecule is Cc1ccccc1Oc1ccc(N(O)O)cc1C(=O)O. The average Bonchev–Trinajstić information content (AvgIpc) is 2.41. The second-order valence-electron chi connectivity index (χ2n) is 4.14. The first-order valence-electron chi connectivity index (χ1n) is 5.77. The van der Waals surface area contributed by atoms with Gasteiger partial charge in [-0.2, -0.15) is 0 Å². The van der Waals surface area contributed by atoms with Crippen molar-refractivity contribution in [3.63, 3.8) is 0 Å². The van der Waals surface area contributed by atoms with Gasteiger partial charge in [0.15, 0.2) is 0 Å². The zero-order chi connectivity index (χ0) is 14.7. The van der Waals surface area contributed by atoms with Crippen LogP contribution in [0, 0.1) is 6.92 Å². The predicted molar refractivity (Wildman–Crippen MR) is 70.7 cm³/mol. The van der Waals surface area contributed by atoms with Gasteiger partial charge in [0, 0.05) is 0 Å². The van der Waals surface area contributed by atoms with Crippen LogP contribution in [0.15, 0.2) is 42.5 Å². The number of anilines is 1. The lowest BCUT2D eigenvalue weighted by molar-refractivity contribution is 0.0291. The van der Waals surface area contributed by atoms with E-state index >= 15 is 0 Å². The van der Waals surface area contributed by atoms with Crippen molar-refractivity contribution in [1.29, 1.82) is 0 Å². The molecule has 0 aliphatic rings. The molecule has 2 aromatic rings. The minimum Gasteiger partial charge on any atom is -0.478 e. The summed E-state index contributed by atoms with van der Waals surface area (Å²) in [5.74, 6) is -0.567. The zero-order valence-electron chi connectivity index (χ0n) is 10.6. The van der Waals surface area contributed by atoms with Crippen molar-refractivity contribution in [2.75, 3.05) is 5.23 Å². The van der Waals surface area contributed by atoms with Crippen LogP contribution in [0.2, 0.25) is 0 Å². The van der Waals surface area contributed by atoms with E-state index in [4.69, 9.17) is 20.3 Å². The zero-order valence-corrected chi connectivity index (χ0v) is 10.6. The van der Waals surface area contributed by atoms with Gasteiger partial charge in [-0.05, 0) is 36.8 Å². The molecule has 0 fully saturated rings. The molecule has 0 heterocycles. The number of nitrogens with zero attached hydrogens (tertiary/aromatic N) is 1. The molecule has 0 bridgehead atoms. The second kappa shape index (κ2) is 5.60. The van der Waals surface area contributed by atoms with Crippen LogP contribution in [0.25, 0.3) is 0 Å². The monoisotopic (exact) mass is 275 g/mol. The number of ether oxygens (including phenoxy) is 1. The molecule has 0 amide bonds. The van der Waals surface area contributed by atoms with E-state index in [2.05, 4.69) is 0 Å². The van der Waals surface area contributed by atoms with Crippen LogP contribution in [0.1, 0.15) is 15.9 Å². The molecule has 0 aliphatic heterocycles. The molecule has 0 aliphatic carbocycles. The van der Waals surface area contributed by atoms with Crippen molar-refractivity contribution >= 4 is 11.7 Å². The maximum atomic E-state index is 11.2. The van der Waals surface area contributed by atoms with E-state index in [1.165, 1.54) is 12.1 Å². The molecule has 3 N–H and O–H groups in total. The first-order chi connectivity index (χ1) is 9.49. The van der Waals surface area contributed by atoms with E-state index in [1.54, 1.807) is 12.1 Å². The fraction of sp³-hybridized carbons (Fsp3) is 0.0714. The maximum absolute atomic E-state index is 11.2. The first kappa shape index (κ1) is 13.9. The highest BCUT2D eigenvalue weighted by Gasteiger charge is 2.15. The van der Waals surface area contributed by atoms with Gasteiger partial charge >= 0.3 is 5.97 Å². The average molecular weight is 275 g/mol. The number of carboxylic acid groups (broad SMARTS) is 1. The van der Waals surface area contributed by atoms with Crippen molar-refractivity contribution in [2.45, 2.75) is 6.92 Å². The van der Waals surface area contributed by atoms with Gasteiger partial charge in [0.2, 0.25) is 0 Å². The summed E-state index contributed by atoms with van der Waals surface area (Å²) in [6.45, 7) is 1.84. The second-order valence-corrected chi connectivity index (χ2v) is 4.14. The van der Waals surface area contributed by atoms with Crippen molar-refractivity contribution < 1.29 is 25.1 Å². The fourth-order valence-corrected chi connectivity index (χ4v) is 1.69. The third-order valence-electron chi connectivity index (χ3n) is 2.74. The van der Waals surface area contributed by atoms with Crippen LogP contribution in [0.5, 0.6) is 11.5 Å². The van der Waals surface area contributed by atoms with Crippen molar-refractivity contribution in [3.05, 3.63) is 53.6 Å². The van der Waals surface area contributed by atoms with Gasteiger partial charge in [0.25, 0.3) is 0 Å². The van der Waals surface area contributed by atoms with Gasteiger partial charge in [-0.1, -0.05) is 18.2 Å². The number of aromatic carboxylic acids is 1. The van der Waals surface area contributed by atoms with E-state index in [0.717, 1.165) is 11.6 Å². The fourth-order valence-electron chi connectivity index (χ4n) is 1.69. The standard InChI is InChI=1S/C14H13NO5/c1-9-4-2-3-5-12(9)20-13-7-6-10(15(18)19)8-11(13)14(16)17/h2-8,18-19H,1H3,(H,16,17). The van der Waals surface area contributed by atoms with Crippen molar-refractivity contribution in [1.82, 2.24) is 0 Å². The Hall–Kier alpha value is -2.57. The summed E-state index contributed by atoms with van der Waals surface area (Å²) in [5, 5.41) is 26.8. The minimum atomic E-state index is -1.22. The quantitative estimate of drug-likeness (QED) is 0.743. The maximum Gasteiger partial charge on any atom is 0.339 e. The number of benzene rings is 2. The Labute approximate surface area is 115 Å². The molecule has 2 rings (SSSR count). The van der Waals surface area contributed by atoms with Crippen LogP contribution >= 0.6 is 0 Å². The van der Waals surface area contributed by atoms with E-state index in [9.17, 15) is 4.79 Å². The Kier molecular flexibility index (Phi) is 3.88. The topological polar surface area (TPSA) is 90.2 Å². The molecule has 6 heteroatoms. The van der Waals surface area contributed by atoms with Gasteiger partial charge in [0.05, 0.1) is 5.69 Å². The van der Waals surface area contributed by atoms with E-state index in [-0.39, 0.29) is 22.2 Å². The number of carbonyl (C=O) groups is 1. The summed E-state index contributed by atoms with van der Waals surface area (Å²) in [4.78, 5) is 11.2. The molecule has 20 heavy (non-hydrogen) atoms. The number of hydrogen-bond donors (Lipinski definition) is 3. The van der Waals surface area contributed by atoms with Gasteiger partial charge in [-0.3, -0.25) is 10.4 Å². The number of rotatable bonds is 4. The predicted octanol–water partition coefficient (Wildman–Crippen LogP) is 3.07. The largest absolute Gasteiger partial charge is 0.478 e. The Bertz CT molecular complexity index is 639. The van der Waals surface area contributed by atoms with Crippen LogP contribution < -0.4 is 9.96 Å². The Morgan fingerprint density at radius 3 is 2.40 bits per heavy atom. The molecule has 104 valence electrons. The molecular weight excluding hydrogens is 262 g/mol. The molecule has 0 aromatic heterocycles. The van der Waals surface area contributed by atoms with E-state index in [1.807, 2.05) is 19.1 Å². The lowest BCUT2D eigenvalue weighted by Gasteiger charge is -2.13. The molecule has 0 spiro atoms. The van der Waals surface area contributed by atoms with Crippen molar-refractivity contribution in [3.8, 4) is 11.5 Å². The summed E-state index contributed by atoms with van der Waals surface area (Å²) in [7, 11) is 0. The van der Waals surface area contributed by atoms with Gasteiger partial charge in [0.1, 0.15) is 17.1 Å². The molecular formula is C14H13NO5. The molecule has 0 radical (unpaired) electrons. The highest BCUT2D eigenvalue weighted by atomic mass is 16.8. The molecule has 2 aromatic carbocycles. The number of para-hydroxylation sites is 1. The third-order valence-corrected chi connectivity index (χ3v) is 2.74. The molecule has 0 saturated carbocycles. The smallest absolute Gasteiger partial charge is 0.339 e. The lowest BCUT2D eigenvalue weighted by atomic mass is 10.1. The molecule has 6 nitrogen and oxygen atoms in total. The summed E-state index contributed by atoms with van der Waals surface area (Å²) in [5.41, 5.74) is 0.622. The highest BCUT2D eigenvalue weighted by Crippen LogP contribution is 2.30. The number of carboxylic acids is 1. The lowest BCUT2D eigenvalue weighted by Crippen LogP contribution is -2.12. The summed E-state index contributed by atoms with van der Waals surface area (Å²) < 4.78 is 5.57. The highest BCUT2D eigenvalue weighted by molar-refractivity contribution is 5.92. The summed E-state index contributed by atoms with van der Waals surface area (Å²) in [6, 6.07) is 11.0. The van der Waals surface area contributed by atoms with Gasteiger partial charge in [-0.25, -0.2) is 4.79 Å². The van der Waals surface area contributed by atoms with Crippen LogP contribution in [-0.2, 0) is 0 Å². The van der Waals surface area contributed by atoms with E-state index in [0.29, 0.717) is 5.75 Å². The third kappa shape index (κ3) is 2.87. The first-order valence-corrected chi connectivity index (χ1v) is 5.77. The molecule has 0 atom stereocenters. The van der Waals surface area contributed by atoms with Gasteiger partial charge < -0.3 is 9.84 Å². The van der Waals surface area contributed by atoms with Crippen LogP contribution in [0.4, 0.5) is 5.69 Å². The number of hydrogen-bond acceptors (Lipinski definition) is 5.